The van der Waals surface area contributed by atoms with Crippen molar-refractivity contribution in [2.45, 2.75) is 25.4 Å². The maximum atomic E-state index is 12.2. The molecule has 0 saturated carbocycles. The number of rotatable bonds is 10. The Balaban J connectivity index is 1.20. The van der Waals surface area contributed by atoms with Crippen LogP contribution in [0.2, 0.25) is 0 Å². The summed E-state index contributed by atoms with van der Waals surface area (Å²) in [7, 11) is 0. The van der Waals surface area contributed by atoms with Crippen LogP contribution in [0.1, 0.15) is 30.4 Å². The van der Waals surface area contributed by atoms with Gasteiger partial charge in [-0.25, -0.2) is 4.98 Å². The number of aliphatic hydroxyl groups excluding tert-OH is 1. The lowest BCUT2D eigenvalue weighted by Crippen LogP contribution is -2.29. The normalized spacial score (nSPS) is 14.5. The molecule has 1 fully saturated rings. The summed E-state index contributed by atoms with van der Waals surface area (Å²) in [4.78, 5) is 22.6. The molecule has 1 aromatic carbocycles. The maximum Gasteiger partial charge on any atom is 0.231 e. The van der Waals surface area contributed by atoms with E-state index in [2.05, 4.69) is 15.3 Å². The highest BCUT2D eigenvalue weighted by Gasteiger charge is 2.20. The first-order chi connectivity index (χ1) is 15.7. The van der Waals surface area contributed by atoms with Gasteiger partial charge in [-0.15, -0.1) is 0 Å². The van der Waals surface area contributed by atoms with Gasteiger partial charge in [-0.05, 0) is 43.2 Å². The fourth-order valence-corrected chi connectivity index (χ4v) is 3.63. The first-order valence-electron chi connectivity index (χ1n) is 10.9. The van der Waals surface area contributed by atoms with E-state index in [0.29, 0.717) is 31.3 Å². The maximum absolute atomic E-state index is 12.2. The topological polar surface area (TPSA) is 101 Å². The van der Waals surface area contributed by atoms with Gasteiger partial charge in [0.1, 0.15) is 30.7 Å². The molecule has 2 N–H and O–H groups in total. The summed E-state index contributed by atoms with van der Waals surface area (Å²) in [5, 5.41) is 13.3. The number of carbonyl (C=O) groups excluding carboxylic acids is 1. The molecule has 4 rings (SSSR count). The molecule has 1 aliphatic rings. The van der Waals surface area contributed by atoms with E-state index in [9.17, 15) is 9.90 Å². The molecule has 168 valence electrons. The third kappa shape index (κ3) is 5.93. The zero-order chi connectivity index (χ0) is 22.2. The van der Waals surface area contributed by atoms with Crippen molar-refractivity contribution < 1.29 is 19.1 Å². The third-order valence-electron chi connectivity index (χ3n) is 5.42. The molecule has 0 radical (unpaired) electrons. The fourth-order valence-electron chi connectivity index (χ4n) is 3.63. The van der Waals surface area contributed by atoms with Gasteiger partial charge in [-0.1, -0.05) is 6.07 Å². The molecule has 2 aromatic heterocycles. The van der Waals surface area contributed by atoms with Crippen molar-refractivity contribution >= 4 is 5.91 Å². The molecule has 3 heterocycles. The van der Waals surface area contributed by atoms with Crippen molar-refractivity contribution in [3.63, 3.8) is 0 Å². The first-order valence-corrected chi connectivity index (χ1v) is 10.9. The Morgan fingerprint density at radius 2 is 2.03 bits per heavy atom. The summed E-state index contributed by atoms with van der Waals surface area (Å²) < 4.78 is 11.2. The zero-order valence-electron chi connectivity index (χ0n) is 17.9. The Morgan fingerprint density at radius 1 is 1.22 bits per heavy atom. The number of hydrogen-bond acceptors (Lipinski definition) is 7. The number of oxazole rings is 1. The molecule has 32 heavy (non-hydrogen) atoms. The Kier molecular flexibility index (Phi) is 7.47. The summed E-state index contributed by atoms with van der Waals surface area (Å²) in [6.45, 7) is 3.17. The van der Waals surface area contributed by atoms with E-state index in [4.69, 9.17) is 9.15 Å². The van der Waals surface area contributed by atoms with Crippen LogP contribution in [0.25, 0.3) is 11.3 Å². The summed E-state index contributed by atoms with van der Waals surface area (Å²) in [6, 6.07) is 11.2. The molecule has 0 aliphatic carbocycles. The number of aromatic nitrogens is 2. The summed E-state index contributed by atoms with van der Waals surface area (Å²) in [6.07, 6.45) is 6.67. The SMILES string of the molecule is O=C(Cc1nc(-c2ccc(OCCNC[C@@H](O)c3cccnc3)cc2)co1)N1CCCC1. The highest BCUT2D eigenvalue weighted by Crippen LogP contribution is 2.22. The predicted molar refractivity (Wildman–Crippen MR) is 119 cm³/mol. The Bertz CT molecular complexity index is 985. The summed E-state index contributed by atoms with van der Waals surface area (Å²) in [5.41, 5.74) is 2.39. The lowest BCUT2D eigenvalue weighted by molar-refractivity contribution is -0.129. The number of nitrogens with one attached hydrogen (secondary N) is 1. The van der Waals surface area contributed by atoms with Gasteiger partial charge in [0.25, 0.3) is 0 Å². The lowest BCUT2D eigenvalue weighted by Gasteiger charge is -2.13. The molecule has 0 spiro atoms. The van der Waals surface area contributed by atoms with E-state index in [1.54, 1.807) is 24.7 Å². The minimum atomic E-state index is -0.596. The van der Waals surface area contributed by atoms with Gasteiger partial charge in [-0.2, -0.15) is 0 Å². The molecule has 1 atom stereocenters. The third-order valence-corrected chi connectivity index (χ3v) is 5.42. The number of hydrogen-bond donors (Lipinski definition) is 2. The molecule has 1 amide bonds. The minimum Gasteiger partial charge on any atom is -0.492 e. The summed E-state index contributed by atoms with van der Waals surface area (Å²) in [5.74, 6) is 1.26. The number of aliphatic hydroxyl groups is 1. The highest BCUT2D eigenvalue weighted by atomic mass is 16.5. The van der Waals surface area contributed by atoms with Crippen LogP contribution >= 0.6 is 0 Å². The number of ether oxygens (including phenoxy) is 1. The predicted octanol–water partition coefficient (Wildman–Crippen LogP) is 2.60. The quantitative estimate of drug-likeness (QED) is 0.471. The Morgan fingerprint density at radius 3 is 2.78 bits per heavy atom. The smallest absolute Gasteiger partial charge is 0.231 e. The average Bonchev–Trinajstić information content (AvgIpc) is 3.52. The van der Waals surface area contributed by atoms with Crippen molar-refractivity contribution in [1.29, 1.82) is 0 Å². The van der Waals surface area contributed by atoms with Gasteiger partial charge in [0.05, 0.1) is 6.10 Å². The van der Waals surface area contributed by atoms with E-state index in [0.717, 1.165) is 42.8 Å². The lowest BCUT2D eigenvalue weighted by atomic mass is 10.1. The number of likely N-dealkylation sites (tertiary alicyclic amines) is 1. The second kappa shape index (κ2) is 10.9. The molecule has 8 heteroatoms. The summed E-state index contributed by atoms with van der Waals surface area (Å²) >= 11 is 0. The van der Waals surface area contributed by atoms with Crippen LogP contribution in [0.15, 0.2) is 59.5 Å². The van der Waals surface area contributed by atoms with Gasteiger partial charge in [-0.3, -0.25) is 9.78 Å². The van der Waals surface area contributed by atoms with Crippen molar-refractivity contribution in [2.24, 2.45) is 0 Å². The van der Waals surface area contributed by atoms with Crippen molar-refractivity contribution in [3.05, 3.63) is 66.5 Å². The molecule has 1 saturated heterocycles. The van der Waals surface area contributed by atoms with Crippen molar-refractivity contribution in [2.75, 3.05) is 32.8 Å². The Labute approximate surface area is 187 Å². The van der Waals surface area contributed by atoms with Gasteiger partial charge in [0.15, 0.2) is 0 Å². The second-order valence-electron chi connectivity index (χ2n) is 7.77. The number of carbonyl (C=O) groups is 1. The molecule has 8 nitrogen and oxygen atoms in total. The van der Waals surface area contributed by atoms with Crippen LogP contribution in [0.3, 0.4) is 0 Å². The van der Waals surface area contributed by atoms with E-state index >= 15 is 0 Å². The zero-order valence-corrected chi connectivity index (χ0v) is 17.9. The molecular weight excluding hydrogens is 408 g/mol. The number of amides is 1. The van der Waals surface area contributed by atoms with E-state index in [-0.39, 0.29) is 12.3 Å². The fraction of sp³-hybridized carbons (Fsp3) is 0.375. The van der Waals surface area contributed by atoms with Gasteiger partial charge < -0.3 is 24.5 Å². The number of benzene rings is 1. The van der Waals surface area contributed by atoms with Crippen LogP contribution in [0.5, 0.6) is 5.75 Å². The van der Waals surface area contributed by atoms with Crippen LogP contribution in [-0.4, -0.2) is 58.7 Å². The van der Waals surface area contributed by atoms with Gasteiger partial charge in [0, 0.05) is 49.7 Å². The molecule has 3 aromatic rings. The molecule has 0 unspecified atom stereocenters. The molecule has 1 aliphatic heterocycles. The molecule has 0 bridgehead atoms. The largest absolute Gasteiger partial charge is 0.492 e. The average molecular weight is 437 g/mol. The number of nitrogens with zero attached hydrogens (tertiary/aromatic N) is 3. The van der Waals surface area contributed by atoms with Crippen LogP contribution < -0.4 is 10.1 Å². The van der Waals surface area contributed by atoms with Gasteiger partial charge in [0.2, 0.25) is 11.8 Å². The van der Waals surface area contributed by atoms with Crippen LogP contribution in [0.4, 0.5) is 0 Å². The van der Waals surface area contributed by atoms with Crippen LogP contribution in [-0.2, 0) is 11.2 Å². The van der Waals surface area contributed by atoms with Crippen molar-refractivity contribution in [1.82, 2.24) is 20.2 Å². The standard InChI is InChI=1S/C24H28N4O4/c29-22(19-4-3-9-25-15-19)16-26-10-13-31-20-7-5-18(6-8-20)21-17-32-23(27-21)14-24(30)28-11-1-2-12-28/h3-9,15,17,22,26,29H,1-2,10-14,16H2/t22-/m1/s1. The van der Waals surface area contributed by atoms with E-state index in [1.807, 2.05) is 35.2 Å². The van der Waals surface area contributed by atoms with E-state index in [1.165, 1.54) is 0 Å². The van der Waals surface area contributed by atoms with Crippen molar-refractivity contribution in [3.8, 4) is 17.0 Å². The number of pyridine rings is 1. The Hall–Kier alpha value is -3.23. The minimum absolute atomic E-state index is 0.0706. The molecular formula is C24H28N4O4. The monoisotopic (exact) mass is 436 g/mol. The second-order valence-corrected chi connectivity index (χ2v) is 7.77. The van der Waals surface area contributed by atoms with Crippen LogP contribution in [0, 0.1) is 0 Å². The highest BCUT2D eigenvalue weighted by molar-refractivity contribution is 5.78. The van der Waals surface area contributed by atoms with E-state index < -0.39 is 6.10 Å². The first kappa shape index (κ1) is 22.0. The van der Waals surface area contributed by atoms with Gasteiger partial charge >= 0.3 is 0 Å².